The van der Waals surface area contributed by atoms with Gasteiger partial charge in [0.2, 0.25) is 5.65 Å². The molecule has 0 aliphatic heterocycles. The number of halogens is 4. The largest absolute Gasteiger partial charge is 0.418 e. The SMILES string of the molecule is O=c1[nH]c2nonc2cc1Nc1cc(F)ccc1C(F)(F)F. The summed E-state index contributed by atoms with van der Waals surface area (Å²) >= 11 is 0. The van der Waals surface area contributed by atoms with Crippen LogP contribution in [-0.4, -0.2) is 15.3 Å². The number of anilines is 2. The van der Waals surface area contributed by atoms with Crippen molar-refractivity contribution in [3.63, 3.8) is 0 Å². The number of aromatic nitrogens is 3. The van der Waals surface area contributed by atoms with E-state index >= 15 is 0 Å². The van der Waals surface area contributed by atoms with Gasteiger partial charge in [-0.25, -0.2) is 9.02 Å². The van der Waals surface area contributed by atoms with Gasteiger partial charge in [0.1, 0.15) is 11.5 Å². The topological polar surface area (TPSA) is 83.8 Å². The minimum Gasteiger partial charge on any atom is -0.350 e. The molecule has 0 aliphatic carbocycles. The summed E-state index contributed by atoms with van der Waals surface area (Å²) in [7, 11) is 0. The summed E-state index contributed by atoms with van der Waals surface area (Å²) in [5.41, 5.74) is -2.52. The molecule has 0 bridgehead atoms. The Bertz CT molecular complexity index is 900. The molecule has 6 nitrogen and oxygen atoms in total. The number of benzene rings is 1. The van der Waals surface area contributed by atoms with Gasteiger partial charge in [-0.1, -0.05) is 0 Å². The average Bonchev–Trinajstić information content (AvgIpc) is 2.84. The van der Waals surface area contributed by atoms with E-state index in [-0.39, 0.29) is 16.9 Å². The van der Waals surface area contributed by atoms with Gasteiger partial charge in [-0.3, -0.25) is 4.79 Å². The first-order valence-electron chi connectivity index (χ1n) is 5.84. The van der Waals surface area contributed by atoms with Crippen molar-refractivity contribution >= 4 is 22.5 Å². The predicted octanol–water partition coefficient (Wildman–Crippen LogP) is 2.81. The molecule has 2 aromatic heterocycles. The Kier molecular flexibility index (Phi) is 3.08. The average molecular weight is 314 g/mol. The first-order valence-corrected chi connectivity index (χ1v) is 5.84. The van der Waals surface area contributed by atoms with Crippen LogP contribution in [0.3, 0.4) is 0 Å². The smallest absolute Gasteiger partial charge is 0.350 e. The molecule has 10 heteroatoms. The molecule has 0 unspecified atom stereocenters. The van der Waals surface area contributed by atoms with Crippen molar-refractivity contribution < 1.29 is 22.2 Å². The highest BCUT2D eigenvalue weighted by Crippen LogP contribution is 2.36. The number of rotatable bonds is 2. The van der Waals surface area contributed by atoms with E-state index < -0.39 is 28.8 Å². The number of hydrogen-bond acceptors (Lipinski definition) is 5. The zero-order valence-electron chi connectivity index (χ0n) is 10.5. The maximum atomic E-state index is 13.2. The number of pyridine rings is 1. The maximum absolute atomic E-state index is 13.2. The molecule has 1 aromatic carbocycles. The van der Waals surface area contributed by atoms with Crippen molar-refractivity contribution in [2.24, 2.45) is 0 Å². The highest BCUT2D eigenvalue weighted by molar-refractivity contribution is 5.75. The van der Waals surface area contributed by atoms with Gasteiger partial charge >= 0.3 is 6.18 Å². The molecule has 114 valence electrons. The number of nitrogens with one attached hydrogen (secondary N) is 2. The number of fused-ring (bicyclic) bond motifs is 1. The van der Waals surface area contributed by atoms with Crippen LogP contribution in [0.25, 0.3) is 11.2 Å². The molecule has 0 atom stereocenters. The summed E-state index contributed by atoms with van der Waals surface area (Å²) in [6, 6.07) is 3.06. The van der Waals surface area contributed by atoms with E-state index in [9.17, 15) is 22.4 Å². The maximum Gasteiger partial charge on any atom is 0.418 e. The minimum absolute atomic E-state index is 0.0471. The number of nitrogens with zero attached hydrogens (tertiary/aromatic N) is 2. The normalized spacial score (nSPS) is 11.8. The van der Waals surface area contributed by atoms with Crippen LogP contribution >= 0.6 is 0 Å². The second-order valence-corrected chi connectivity index (χ2v) is 4.32. The van der Waals surface area contributed by atoms with Gasteiger partial charge in [-0.05, 0) is 28.5 Å². The van der Waals surface area contributed by atoms with Gasteiger partial charge < -0.3 is 10.3 Å². The molecule has 0 spiro atoms. The van der Waals surface area contributed by atoms with Crippen molar-refractivity contribution in [3.8, 4) is 0 Å². The second-order valence-electron chi connectivity index (χ2n) is 4.32. The fraction of sp³-hybridized carbons (Fsp3) is 0.0833. The molecule has 0 saturated heterocycles. The molecular formula is C12H6F4N4O2. The van der Waals surface area contributed by atoms with Crippen LogP contribution in [0.1, 0.15) is 5.56 Å². The van der Waals surface area contributed by atoms with Gasteiger partial charge in [0, 0.05) is 6.07 Å². The van der Waals surface area contributed by atoms with E-state index in [1.165, 1.54) is 0 Å². The van der Waals surface area contributed by atoms with Crippen LogP contribution < -0.4 is 10.9 Å². The fourth-order valence-corrected chi connectivity index (χ4v) is 1.86. The molecule has 0 radical (unpaired) electrons. The fourth-order valence-electron chi connectivity index (χ4n) is 1.86. The lowest BCUT2D eigenvalue weighted by molar-refractivity contribution is -0.136. The van der Waals surface area contributed by atoms with E-state index in [4.69, 9.17) is 0 Å². The van der Waals surface area contributed by atoms with E-state index in [1.54, 1.807) is 0 Å². The Hall–Kier alpha value is -2.91. The van der Waals surface area contributed by atoms with Crippen LogP contribution in [0.4, 0.5) is 28.9 Å². The standard InChI is InChI=1S/C12H6F4N4O2/c13-5-1-2-6(12(14,15)16)7(3-5)17-9-4-8-10(18-11(9)21)20-22-19-8/h1-4,17H,(H,18,20,21). The highest BCUT2D eigenvalue weighted by atomic mass is 19.4. The lowest BCUT2D eigenvalue weighted by Crippen LogP contribution is -2.14. The highest BCUT2D eigenvalue weighted by Gasteiger charge is 2.33. The van der Waals surface area contributed by atoms with Crippen LogP contribution in [0.15, 0.2) is 33.7 Å². The van der Waals surface area contributed by atoms with Gasteiger partial charge in [0.25, 0.3) is 5.56 Å². The Morgan fingerprint density at radius 2 is 1.91 bits per heavy atom. The lowest BCUT2D eigenvalue weighted by Gasteiger charge is -2.14. The Morgan fingerprint density at radius 3 is 2.64 bits per heavy atom. The molecule has 0 amide bonds. The number of H-pyrrole nitrogens is 1. The number of hydrogen-bond donors (Lipinski definition) is 2. The summed E-state index contributed by atoms with van der Waals surface area (Å²) in [5.74, 6) is -0.879. The van der Waals surface area contributed by atoms with Crippen molar-refractivity contribution in [1.82, 2.24) is 15.3 Å². The molecule has 0 saturated carbocycles. The van der Waals surface area contributed by atoms with E-state index in [2.05, 4.69) is 25.2 Å². The third-order valence-electron chi connectivity index (χ3n) is 2.83. The molecule has 0 fully saturated rings. The summed E-state index contributed by atoms with van der Waals surface area (Å²) in [5, 5.41) is 9.10. The summed E-state index contributed by atoms with van der Waals surface area (Å²) in [6.07, 6.45) is -4.71. The Balaban J connectivity index is 2.10. The first-order chi connectivity index (χ1) is 10.3. The van der Waals surface area contributed by atoms with Crippen molar-refractivity contribution in [2.75, 3.05) is 5.32 Å². The third kappa shape index (κ3) is 2.50. The molecule has 3 aromatic rings. The molecule has 3 rings (SSSR count). The zero-order valence-corrected chi connectivity index (χ0v) is 10.5. The van der Waals surface area contributed by atoms with Gasteiger partial charge in [-0.15, -0.1) is 0 Å². The molecule has 0 aliphatic rings. The van der Waals surface area contributed by atoms with E-state index in [0.717, 1.165) is 6.07 Å². The van der Waals surface area contributed by atoms with Crippen LogP contribution in [0.5, 0.6) is 0 Å². The predicted molar refractivity (Wildman–Crippen MR) is 67.1 cm³/mol. The second kappa shape index (κ2) is 4.83. The molecule has 2 heterocycles. The van der Waals surface area contributed by atoms with Crippen LogP contribution in [0.2, 0.25) is 0 Å². The first kappa shape index (κ1) is 14.0. The van der Waals surface area contributed by atoms with Gasteiger partial charge in [-0.2, -0.15) is 13.2 Å². The van der Waals surface area contributed by atoms with Crippen LogP contribution in [-0.2, 0) is 6.18 Å². The molecular weight excluding hydrogens is 308 g/mol. The van der Waals surface area contributed by atoms with Crippen molar-refractivity contribution in [1.29, 1.82) is 0 Å². The monoisotopic (exact) mass is 314 g/mol. The van der Waals surface area contributed by atoms with E-state index in [0.29, 0.717) is 18.2 Å². The van der Waals surface area contributed by atoms with Crippen molar-refractivity contribution in [2.45, 2.75) is 6.18 Å². The van der Waals surface area contributed by atoms with Crippen molar-refractivity contribution in [3.05, 3.63) is 46.0 Å². The zero-order chi connectivity index (χ0) is 15.9. The van der Waals surface area contributed by atoms with E-state index in [1.807, 2.05) is 0 Å². The van der Waals surface area contributed by atoms with Gasteiger partial charge in [0.15, 0.2) is 5.52 Å². The summed E-state index contributed by atoms with van der Waals surface area (Å²) in [4.78, 5) is 14.0. The summed E-state index contributed by atoms with van der Waals surface area (Å²) < 4.78 is 56.3. The summed E-state index contributed by atoms with van der Waals surface area (Å²) in [6.45, 7) is 0. The molecule has 2 N–H and O–H groups in total. The minimum atomic E-state index is -4.71. The lowest BCUT2D eigenvalue weighted by atomic mass is 10.1. The third-order valence-corrected chi connectivity index (χ3v) is 2.83. The van der Waals surface area contributed by atoms with Gasteiger partial charge in [0.05, 0.1) is 11.3 Å². The quantitative estimate of drug-likeness (QED) is 0.711. The Labute approximate surface area is 118 Å². The number of aromatic amines is 1. The molecule has 22 heavy (non-hydrogen) atoms. The Morgan fingerprint density at radius 1 is 1.14 bits per heavy atom. The number of alkyl halides is 3. The van der Waals surface area contributed by atoms with Crippen LogP contribution in [0, 0.1) is 5.82 Å².